The summed E-state index contributed by atoms with van der Waals surface area (Å²) in [7, 11) is 0. The largest absolute Gasteiger partial charge is 0.205 e. The molecule has 0 aromatic carbocycles. The molecular formula is C41H78N+. The number of aromatic nitrogens is 1. The van der Waals surface area contributed by atoms with E-state index in [2.05, 4.69) is 43.8 Å². The highest BCUT2D eigenvalue weighted by molar-refractivity contribution is 5.21. The Morgan fingerprint density at radius 1 is 0.357 bits per heavy atom. The first-order valence-electron chi connectivity index (χ1n) is 19.8. The quantitative estimate of drug-likeness (QED) is 0.0571. The molecule has 0 aliphatic heterocycles. The van der Waals surface area contributed by atoms with Crippen molar-refractivity contribution >= 4 is 0 Å². The molecule has 0 spiro atoms. The van der Waals surface area contributed by atoms with Gasteiger partial charge in [0.2, 0.25) is 0 Å². The van der Waals surface area contributed by atoms with Crippen LogP contribution >= 0.6 is 0 Å². The molecule has 246 valence electrons. The van der Waals surface area contributed by atoms with Crippen molar-refractivity contribution in [2.45, 2.75) is 233 Å². The molecule has 0 radical (unpaired) electrons. The van der Waals surface area contributed by atoms with Gasteiger partial charge in [-0.05, 0) is 38.2 Å². The van der Waals surface area contributed by atoms with E-state index in [-0.39, 0.29) is 0 Å². The molecule has 0 amide bonds. The molecule has 0 atom stereocenters. The van der Waals surface area contributed by atoms with Crippen molar-refractivity contribution in [2.24, 2.45) is 0 Å². The highest BCUT2D eigenvalue weighted by Crippen LogP contribution is 2.18. The summed E-state index contributed by atoms with van der Waals surface area (Å²) in [6.07, 6.45) is 50.8. The SMILES string of the molecule is CCCCCCCCCCCCCCCCCc1cc[n+](CC)cc1CCCCCCCCCCCCCCCCC. The molecule has 0 saturated carbocycles. The van der Waals surface area contributed by atoms with Crippen molar-refractivity contribution in [2.75, 3.05) is 0 Å². The van der Waals surface area contributed by atoms with E-state index >= 15 is 0 Å². The van der Waals surface area contributed by atoms with E-state index in [1.807, 2.05) is 0 Å². The van der Waals surface area contributed by atoms with Crippen molar-refractivity contribution in [3.63, 3.8) is 0 Å². The maximum Gasteiger partial charge on any atom is 0.172 e. The van der Waals surface area contributed by atoms with Gasteiger partial charge in [-0.25, -0.2) is 4.57 Å². The minimum Gasteiger partial charge on any atom is -0.205 e. The lowest BCUT2D eigenvalue weighted by atomic mass is 9.97. The van der Waals surface area contributed by atoms with Gasteiger partial charge in [0, 0.05) is 11.6 Å². The smallest absolute Gasteiger partial charge is 0.172 e. The van der Waals surface area contributed by atoms with E-state index in [1.165, 1.54) is 205 Å². The van der Waals surface area contributed by atoms with Gasteiger partial charge in [-0.15, -0.1) is 0 Å². The third-order valence-electron chi connectivity index (χ3n) is 9.67. The Labute approximate surface area is 266 Å². The van der Waals surface area contributed by atoms with E-state index in [1.54, 1.807) is 11.1 Å². The second-order valence-corrected chi connectivity index (χ2v) is 13.7. The van der Waals surface area contributed by atoms with Crippen LogP contribution in [0.25, 0.3) is 0 Å². The van der Waals surface area contributed by atoms with Crippen LogP contribution in [0.1, 0.15) is 225 Å². The normalized spacial score (nSPS) is 11.5. The third-order valence-corrected chi connectivity index (χ3v) is 9.67. The zero-order valence-electron chi connectivity index (χ0n) is 29.5. The number of rotatable bonds is 33. The molecule has 1 aromatic heterocycles. The predicted octanol–water partition coefficient (Wildman–Crippen LogP) is 13.8. The minimum atomic E-state index is 1.09. The van der Waals surface area contributed by atoms with Gasteiger partial charge in [0.1, 0.15) is 6.54 Å². The lowest BCUT2D eigenvalue weighted by molar-refractivity contribution is -0.694. The van der Waals surface area contributed by atoms with Gasteiger partial charge in [0.05, 0.1) is 0 Å². The van der Waals surface area contributed by atoms with Crippen molar-refractivity contribution in [3.05, 3.63) is 29.6 Å². The summed E-state index contributed by atoms with van der Waals surface area (Å²) >= 11 is 0. The Morgan fingerprint density at radius 2 is 0.643 bits per heavy atom. The Kier molecular flexibility index (Phi) is 29.4. The number of aryl methyl sites for hydroxylation is 3. The van der Waals surface area contributed by atoms with E-state index in [0.29, 0.717) is 0 Å². The van der Waals surface area contributed by atoms with E-state index in [9.17, 15) is 0 Å². The van der Waals surface area contributed by atoms with Gasteiger partial charge >= 0.3 is 0 Å². The van der Waals surface area contributed by atoms with Crippen LogP contribution in [0.5, 0.6) is 0 Å². The van der Waals surface area contributed by atoms with Gasteiger partial charge in [-0.2, -0.15) is 0 Å². The minimum absolute atomic E-state index is 1.09. The fourth-order valence-corrected chi connectivity index (χ4v) is 6.66. The van der Waals surface area contributed by atoms with E-state index < -0.39 is 0 Å². The zero-order chi connectivity index (χ0) is 30.2. The van der Waals surface area contributed by atoms with E-state index in [0.717, 1.165) is 6.54 Å². The molecule has 0 aliphatic rings. The molecule has 0 N–H and O–H groups in total. The molecule has 1 aromatic rings. The second-order valence-electron chi connectivity index (χ2n) is 13.7. The van der Waals surface area contributed by atoms with Gasteiger partial charge in [-0.3, -0.25) is 0 Å². The summed E-state index contributed by atoms with van der Waals surface area (Å²) in [6.45, 7) is 7.97. The Morgan fingerprint density at radius 3 is 0.952 bits per heavy atom. The third kappa shape index (κ3) is 24.6. The first kappa shape index (κ1) is 39.2. The molecule has 1 nitrogen and oxygen atoms in total. The summed E-state index contributed by atoms with van der Waals surface area (Å²) in [5.74, 6) is 0. The van der Waals surface area contributed by atoms with Crippen molar-refractivity contribution in [3.8, 4) is 0 Å². The molecule has 0 unspecified atom stereocenters. The molecule has 1 rings (SSSR count). The number of hydrogen-bond acceptors (Lipinski definition) is 0. The first-order chi connectivity index (χ1) is 20.8. The standard InChI is InChI=1S/C41H78N/c1-4-7-9-11-13-15-17-19-21-23-25-27-29-31-33-35-40-37-38-42(6-3)39-41(40)36-34-32-30-28-26-24-22-20-18-16-14-12-10-8-5-2/h37-39H,4-36H2,1-3H3/q+1. The summed E-state index contributed by atoms with van der Waals surface area (Å²) in [5, 5.41) is 0. The highest BCUT2D eigenvalue weighted by Gasteiger charge is 2.09. The van der Waals surface area contributed by atoms with Crippen LogP contribution in [0.15, 0.2) is 18.5 Å². The number of nitrogens with zero attached hydrogens (tertiary/aromatic N) is 1. The zero-order valence-corrected chi connectivity index (χ0v) is 29.5. The number of unbranched alkanes of at least 4 members (excludes halogenated alkanes) is 28. The van der Waals surface area contributed by atoms with Crippen LogP contribution in [0, 0.1) is 0 Å². The van der Waals surface area contributed by atoms with Crippen LogP contribution in [0.4, 0.5) is 0 Å². The Bertz CT molecular complexity index is 665. The molecule has 0 aliphatic carbocycles. The maximum absolute atomic E-state index is 2.46. The number of pyridine rings is 1. The monoisotopic (exact) mass is 585 g/mol. The first-order valence-corrected chi connectivity index (χ1v) is 19.8. The molecule has 1 heteroatoms. The Balaban J connectivity index is 2.02. The highest BCUT2D eigenvalue weighted by atomic mass is 14.9. The fraction of sp³-hybridized carbons (Fsp3) is 0.878. The van der Waals surface area contributed by atoms with Gasteiger partial charge in [-0.1, -0.05) is 194 Å². The topological polar surface area (TPSA) is 3.88 Å². The maximum atomic E-state index is 2.46. The summed E-state index contributed by atoms with van der Waals surface area (Å²) in [5.41, 5.74) is 3.28. The molecule has 0 saturated heterocycles. The summed E-state index contributed by atoms with van der Waals surface area (Å²) in [4.78, 5) is 0. The lowest BCUT2D eigenvalue weighted by Crippen LogP contribution is -2.32. The van der Waals surface area contributed by atoms with Crippen molar-refractivity contribution in [1.29, 1.82) is 0 Å². The molecule has 42 heavy (non-hydrogen) atoms. The molecule has 0 bridgehead atoms. The fourth-order valence-electron chi connectivity index (χ4n) is 6.66. The molecule has 1 heterocycles. The molecular weight excluding hydrogens is 506 g/mol. The van der Waals surface area contributed by atoms with Gasteiger partial charge in [0.25, 0.3) is 0 Å². The predicted molar refractivity (Wildman–Crippen MR) is 190 cm³/mol. The van der Waals surface area contributed by atoms with E-state index in [4.69, 9.17) is 0 Å². The van der Waals surface area contributed by atoms with Crippen LogP contribution in [0.2, 0.25) is 0 Å². The van der Waals surface area contributed by atoms with Crippen LogP contribution < -0.4 is 4.57 Å². The lowest BCUT2D eigenvalue weighted by Gasteiger charge is -2.09. The Hall–Kier alpha value is -0.850. The number of hydrogen-bond donors (Lipinski definition) is 0. The van der Waals surface area contributed by atoms with Gasteiger partial charge in [0.15, 0.2) is 12.4 Å². The van der Waals surface area contributed by atoms with Crippen molar-refractivity contribution < 1.29 is 4.57 Å². The summed E-state index contributed by atoms with van der Waals surface area (Å²) in [6, 6.07) is 2.44. The second kappa shape index (κ2) is 31.6. The average molecular weight is 585 g/mol. The van der Waals surface area contributed by atoms with Crippen LogP contribution in [0.3, 0.4) is 0 Å². The summed E-state index contributed by atoms with van der Waals surface area (Å²) < 4.78 is 2.39. The average Bonchev–Trinajstić information content (AvgIpc) is 3.01. The van der Waals surface area contributed by atoms with Crippen molar-refractivity contribution in [1.82, 2.24) is 0 Å². The van der Waals surface area contributed by atoms with Gasteiger partial charge < -0.3 is 0 Å². The van der Waals surface area contributed by atoms with Crippen LogP contribution in [-0.2, 0) is 19.4 Å². The van der Waals surface area contributed by atoms with Crippen LogP contribution in [-0.4, -0.2) is 0 Å². The molecule has 0 fully saturated rings.